The van der Waals surface area contributed by atoms with Crippen LogP contribution >= 0.6 is 11.3 Å². The van der Waals surface area contributed by atoms with Gasteiger partial charge in [0.25, 0.3) is 5.56 Å². The molecule has 0 spiro atoms. The molecule has 0 saturated heterocycles. The van der Waals surface area contributed by atoms with Crippen LogP contribution in [0.5, 0.6) is 0 Å². The SMILES string of the molecule is CCOC(=O)Cc1[nH][nH]c(=O)c1[C@H](CC(N)=O)c1ccsc1. The first-order valence-electron chi connectivity index (χ1n) is 6.78. The van der Waals surface area contributed by atoms with Crippen LogP contribution in [-0.4, -0.2) is 28.7 Å². The molecular formula is C14H17N3O4S. The monoisotopic (exact) mass is 323 g/mol. The molecule has 0 fully saturated rings. The summed E-state index contributed by atoms with van der Waals surface area (Å²) < 4.78 is 4.90. The van der Waals surface area contributed by atoms with E-state index in [9.17, 15) is 14.4 Å². The molecule has 0 aliphatic rings. The molecular weight excluding hydrogens is 306 g/mol. The predicted molar refractivity (Wildman–Crippen MR) is 81.7 cm³/mol. The molecule has 0 unspecified atom stereocenters. The lowest BCUT2D eigenvalue weighted by molar-refractivity contribution is -0.142. The molecule has 0 saturated carbocycles. The van der Waals surface area contributed by atoms with Gasteiger partial charge in [-0.15, -0.1) is 0 Å². The van der Waals surface area contributed by atoms with Gasteiger partial charge < -0.3 is 15.6 Å². The Morgan fingerprint density at radius 1 is 1.41 bits per heavy atom. The number of hydrogen-bond acceptors (Lipinski definition) is 5. The quantitative estimate of drug-likeness (QED) is 0.655. The maximum atomic E-state index is 12.1. The normalized spacial score (nSPS) is 12.0. The van der Waals surface area contributed by atoms with Crippen molar-refractivity contribution in [2.24, 2.45) is 5.73 Å². The van der Waals surface area contributed by atoms with E-state index in [1.54, 1.807) is 6.92 Å². The molecule has 2 aromatic rings. The number of aromatic nitrogens is 2. The minimum Gasteiger partial charge on any atom is -0.466 e. The number of carbonyl (C=O) groups excluding carboxylic acids is 2. The number of ether oxygens (including phenoxy) is 1. The second kappa shape index (κ2) is 7.08. The number of thiophene rings is 1. The fraction of sp³-hybridized carbons (Fsp3) is 0.357. The molecule has 0 aliphatic heterocycles. The van der Waals surface area contributed by atoms with Gasteiger partial charge in [-0.05, 0) is 29.3 Å². The van der Waals surface area contributed by atoms with Crippen molar-refractivity contribution in [3.05, 3.63) is 44.0 Å². The minimum atomic E-state index is -0.515. The summed E-state index contributed by atoms with van der Waals surface area (Å²) in [4.78, 5) is 35.1. The summed E-state index contributed by atoms with van der Waals surface area (Å²) in [5.41, 5.74) is 6.53. The zero-order chi connectivity index (χ0) is 16.1. The van der Waals surface area contributed by atoms with Crippen LogP contribution in [0.1, 0.15) is 36.1 Å². The summed E-state index contributed by atoms with van der Waals surface area (Å²) >= 11 is 1.46. The molecule has 2 aromatic heterocycles. The standard InChI is InChI=1S/C14H17N3O4S/c1-2-21-12(19)6-10-13(14(20)17-16-10)9(5-11(15)18)8-3-4-22-7-8/h3-4,7,9H,2,5-6H2,1H3,(H2,15,18)(H2,16,17,20)/t9-/m1/s1. The third-order valence-corrected chi connectivity index (χ3v) is 3.92. The van der Waals surface area contributed by atoms with Gasteiger partial charge in [-0.25, -0.2) is 0 Å². The summed E-state index contributed by atoms with van der Waals surface area (Å²) in [5, 5.41) is 8.87. The number of esters is 1. The zero-order valence-corrected chi connectivity index (χ0v) is 12.9. The molecule has 1 atom stereocenters. The van der Waals surface area contributed by atoms with E-state index in [4.69, 9.17) is 10.5 Å². The number of hydrogen-bond donors (Lipinski definition) is 3. The summed E-state index contributed by atoms with van der Waals surface area (Å²) in [6.45, 7) is 1.97. The van der Waals surface area contributed by atoms with E-state index in [0.29, 0.717) is 11.3 Å². The molecule has 0 bridgehead atoms. The van der Waals surface area contributed by atoms with E-state index in [0.717, 1.165) is 5.56 Å². The van der Waals surface area contributed by atoms with Crippen molar-refractivity contribution in [1.29, 1.82) is 0 Å². The Hall–Kier alpha value is -2.35. The molecule has 0 aliphatic carbocycles. The molecule has 0 aromatic carbocycles. The van der Waals surface area contributed by atoms with Gasteiger partial charge in [-0.2, -0.15) is 11.3 Å². The number of aromatic amines is 2. The average molecular weight is 323 g/mol. The van der Waals surface area contributed by atoms with E-state index in [1.807, 2.05) is 16.8 Å². The van der Waals surface area contributed by atoms with Crippen molar-refractivity contribution >= 4 is 23.2 Å². The van der Waals surface area contributed by atoms with Crippen molar-refractivity contribution in [2.45, 2.75) is 25.7 Å². The maximum Gasteiger partial charge on any atom is 0.311 e. The number of H-pyrrole nitrogens is 2. The van der Waals surface area contributed by atoms with E-state index >= 15 is 0 Å². The highest BCUT2D eigenvalue weighted by molar-refractivity contribution is 7.08. The van der Waals surface area contributed by atoms with Crippen LogP contribution in [0.15, 0.2) is 21.6 Å². The van der Waals surface area contributed by atoms with Crippen molar-refractivity contribution in [2.75, 3.05) is 6.61 Å². The fourth-order valence-corrected chi connectivity index (χ4v) is 3.04. The molecule has 4 N–H and O–H groups in total. The van der Waals surface area contributed by atoms with Gasteiger partial charge in [0.15, 0.2) is 0 Å². The van der Waals surface area contributed by atoms with Crippen molar-refractivity contribution in [3.63, 3.8) is 0 Å². The van der Waals surface area contributed by atoms with Crippen LogP contribution in [0.3, 0.4) is 0 Å². The molecule has 22 heavy (non-hydrogen) atoms. The zero-order valence-electron chi connectivity index (χ0n) is 12.0. The Bertz CT molecular complexity index is 702. The van der Waals surface area contributed by atoms with Gasteiger partial charge in [0.2, 0.25) is 5.91 Å². The minimum absolute atomic E-state index is 0.00646. The third-order valence-electron chi connectivity index (χ3n) is 3.22. The van der Waals surface area contributed by atoms with Gasteiger partial charge in [-0.3, -0.25) is 19.5 Å². The van der Waals surface area contributed by atoms with E-state index in [-0.39, 0.29) is 25.0 Å². The van der Waals surface area contributed by atoms with Gasteiger partial charge in [0, 0.05) is 17.9 Å². The Kier molecular flexibility index (Phi) is 5.16. The number of carbonyl (C=O) groups is 2. The molecule has 2 heterocycles. The van der Waals surface area contributed by atoms with Gasteiger partial charge >= 0.3 is 5.97 Å². The fourth-order valence-electron chi connectivity index (χ4n) is 2.33. The lowest BCUT2D eigenvalue weighted by Gasteiger charge is -2.13. The number of amides is 1. The van der Waals surface area contributed by atoms with Gasteiger partial charge in [0.1, 0.15) is 0 Å². The van der Waals surface area contributed by atoms with Crippen LogP contribution in [-0.2, 0) is 20.7 Å². The highest BCUT2D eigenvalue weighted by Crippen LogP contribution is 2.29. The number of primary amides is 1. The van der Waals surface area contributed by atoms with Crippen molar-refractivity contribution < 1.29 is 14.3 Å². The smallest absolute Gasteiger partial charge is 0.311 e. The maximum absolute atomic E-state index is 12.1. The lowest BCUT2D eigenvalue weighted by atomic mass is 9.89. The second-order valence-electron chi connectivity index (χ2n) is 4.73. The van der Waals surface area contributed by atoms with Crippen LogP contribution in [0.25, 0.3) is 0 Å². The van der Waals surface area contributed by atoms with Gasteiger partial charge in [0.05, 0.1) is 18.7 Å². The third kappa shape index (κ3) is 3.64. The van der Waals surface area contributed by atoms with Crippen molar-refractivity contribution in [1.82, 2.24) is 10.2 Å². The number of nitrogens with one attached hydrogen (secondary N) is 2. The van der Waals surface area contributed by atoms with Crippen LogP contribution in [0.4, 0.5) is 0 Å². The highest BCUT2D eigenvalue weighted by Gasteiger charge is 2.26. The van der Waals surface area contributed by atoms with Crippen LogP contribution < -0.4 is 11.3 Å². The molecule has 1 amide bonds. The Morgan fingerprint density at radius 3 is 2.77 bits per heavy atom. The summed E-state index contributed by atoms with van der Waals surface area (Å²) in [6.07, 6.45) is -0.0746. The molecule has 2 rings (SSSR count). The first kappa shape index (κ1) is 16.0. The Balaban J connectivity index is 2.39. The molecule has 0 radical (unpaired) electrons. The van der Waals surface area contributed by atoms with Crippen LogP contribution in [0.2, 0.25) is 0 Å². The Labute approximate surface area is 130 Å². The first-order chi connectivity index (χ1) is 10.5. The van der Waals surface area contributed by atoms with Crippen LogP contribution in [0, 0.1) is 0 Å². The largest absolute Gasteiger partial charge is 0.466 e. The van der Waals surface area contributed by atoms with E-state index in [1.165, 1.54) is 11.3 Å². The summed E-state index contributed by atoms with van der Waals surface area (Å²) in [7, 11) is 0. The highest BCUT2D eigenvalue weighted by atomic mass is 32.1. The predicted octanol–water partition coefficient (Wildman–Crippen LogP) is 0.877. The van der Waals surface area contributed by atoms with Crippen molar-refractivity contribution in [3.8, 4) is 0 Å². The lowest BCUT2D eigenvalue weighted by Crippen LogP contribution is -2.21. The molecule has 118 valence electrons. The second-order valence-corrected chi connectivity index (χ2v) is 5.51. The number of nitrogens with two attached hydrogens (primary N) is 1. The molecule has 7 nitrogen and oxygen atoms in total. The topological polar surface area (TPSA) is 118 Å². The van der Waals surface area contributed by atoms with Gasteiger partial charge in [-0.1, -0.05) is 0 Å². The van der Waals surface area contributed by atoms with E-state index in [2.05, 4.69) is 10.2 Å². The molecule has 8 heteroatoms. The first-order valence-corrected chi connectivity index (χ1v) is 7.72. The Morgan fingerprint density at radius 2 is 2.18 bits per heavy atom. The summed E-state index contributed by atoms with van der Waals surface area (Å²) in [6, 6.07) is 1.83. The summed E-state index contributed by atoms with van der Waals surface area (Å²) in [5.74, 6) is -1.44. The van der Waals surface area contributed by atoms with E-state index < -0.39 is 17.8 Å². The average Bonchev–Trinajstić information content (AvgIpc) is 3.07. The number of rotatable bonds is 7.